The van der Waals surface area contributed by atoms with E-state index >= 15 is 0 Å². The number of hydrogen-bond acceptors (Lipinski definition) is 5. The third kappa shape index (κ3) is 3.36. The molecule has 0 saturated heterocycles. The fourth-order valence-corrected chi connectivity index (χ4v) is 1.32. The molecule has 100 valence electrons. The van der Waals surface area contributed by atoms with Crippen LogP contribution in [0.2, 0.25) is 0 Å². The van der Waals surface area contributed by atoms with Gasteiger partial charge in [0, 0.05) is 12.4 Å². The maximum Gasteiger partial charge on any atom is 0.433 e. The van der Waals surface area contributed by atoms with Crippen LogP contribution in [-0.4, -0.2) is 19.9 Å². The van der Waals surface area contributed by atoms with E-state index in [1.807, 2.05) is 0 Å². The van der Waals surface area contributed by atoms with Gasteiger partial charge in [0.15, 0.2) is 5.69 Å². The lowest BCUT2D eigenvalue weighted by molar-refractivity contribution is -0.141. The number of aromatic nitrogens is 4. The van der Waals surface area contributed by atoms with Gasteiger partial charge in [-0.25, -0.2) is 15.0 Å². The molecule has 0 saturated carbocycles. The molecule has 1 unspecified atom stereocenters. The third-order valence-corrected chi connectivity index (χ3v) is 2.23. The minimum absolute atomic E-state index is 0.346. The average Bonchev–Trinajstić information content (AvgIpc) is 2.39. The van der Waals surface area contributed by atoms with E-state index in [4.69, 9.17) is 4.74 Å². The Morgan fingerprint density at radius 3 is 2.58 bits per heavy atom. The van der Waals surface area contributed by atoms with Gasteiger partial charge in [-0.15, -0.1) is 0 Å². The first-order valence-corrected chi connectivity index (χ1v) is 5.29. The largest absolute Gasteiger partial charge is 0.454 e. The van der Waals surface area contributed by atoms with Crippen molar-refractivity contribution in [3.05, 3.63) is 42.2 Å². The van der Waals surface area contributed by atoms with Gasteiger partial charge in [-0.2, -0.15) is 18.2 Å². The average molecular weight is 270 g/mol. The van der Waals surface area contributed by atoms with Crippen molar-refractivity contribution in [1.29, 1.82) is 0 Å². The van der Waals surface area contributed by atoms with E-state index in [0.29, 0.717) is 5.69 Å². The topological polar surface area (TPSA) is 60.8 Å². The second kappa shape index (κ2) is 5.17. The highest BCUT2D eigenvalue weighted by Gasteiger charge is 2.33. The molecule has 0 aromatic carbocycles. The molecule has 0 fully saturated rings. The normalized spacial score (nSPS) is 13.1. The Morgan fingerprint density at radius 2 is 1.95 bits per heavy atom. The molecule has 0 bridgehead atoms. The van der Waals surface area contributed by atoms with Gasteiger partial charge >= 0.3 is 12.2 Å². The zero-order valence-corrected chi connectivity index (χ0v) is 9.80. The standard InChI is InChI=1S/C11H9F3N4O/c1-7(8-2-4-15-6-17-8)19-10-16-5-3-9(18-10)11(12,13)14/h2-7H,1H3. The van der Waals surface area contributed by atoms with Crippen LogP contribution in [-0.2, 0) is 6.18 Å². The summed E-state index contributed by atoms with van der Waals surface area (Å²) in [6, 6.07) is 2.03. The van der Waals surface area contributed by atoms with Crippen molar-refractivity contribution >= 4 is 0 Å². The summed E-state index contributed by atoms with van der Waals surface area (Å²) in [7, 11) is 0. The molecule has 0 amide bonds. The molecule has 2 aromatic heterocycles. The molecule has 19 heavy (non-hydrogen) atoms. The maximum atomic E-state index is 12.5. The Hall–Kier alpha value is -2.25. The van der Waals surface area contributed by atoms with Crippen LogP contribution >= 0.6 is 0 Å². The van der Waals surface area contributed by atoms with E-state index in [9.17, 15) is 13.2 Å². The Morgan fingerprint density at radius 1 is 1.16 bits per heavy atom. The minimum atomic E-state index is -4.53. The molecule has 2 rings (SSSR count). The Balaban J connectivity index is 2.16. The summed E-state index contributed by atoms with van der Waals surface area (Å²) in [5, 5.41) is 0. The highest BCUT2D eigenvalue weighted by Crippen LogP contribution is 2.28. The molecule has 0 radical (unpaired) electrons. The van der Waals surface area contributed by atoms with Gasteiger partial charge in [0.25, 0.3) is 0 Å². The lowest BCUT2D eigenvalue weighted by atomic mass is 10.3. The smallest absolute Gasteiger partial charge is 0.433 e. The highest BCUT2D eigenvalue weighted by atomic mass is 19.4. The lowest BCUT2D eigenvalue weighted by Gasteiger charge is -2.13. The number of ether oxygens (including phenoxy) is 1. The van der Waals surface area contributed by atoms with Crippen LogP contribution in [0.25, 0.3) is 0 Å². The Labute approximate surface area is 106 Å². The molecule has 0 spiro atoms. The van der Waals surface area contributed by atoms with Crippen LogP contribution < -0.4 is 4.74 Å². The predicted octanol–water partition coefficient (Wildman–Crippen LogP) is 2.43. The van der Waals surface area contributed by atoms with E-state index in [-0.39, 0.29) is 6.01 Å². The van der Waals surface area contributed by atoms with E-state index in [1.165, 1.54) is 12.5 Å². The zero-order valence-electron chi connectivity index (χ0n) is 9.80. The minimum Gasteiger partial charge on any atom is -0.454 e. The van der Waals surface area contributed by atoms with Crippen molar-refractivity contribution in [3.8, 4) is 6.01 Å². The van der Waals surface area contributed by atoms with Gasteiger partial charge in [-0.3, -0.25) is 0 Å². The molecule has 0 aliphatic rings. The molecule has 1 atom stereocenters. The second-order valence-electron chi connectivity index (χ2n) is 3.62. The predicted molar refractivity (Wildman–Crippen MR) is 58.1 cm³/mol. The van der Waals surface area contributed by atoms with Crippen LogP contribution in [0.1, 0.15) is 24.4 Å². The van der Waals surface area contributed by atoms with Crippen LogP contribution in [0.3, 0.4) is 0 Å². The summed E-state index contributed by atoms with van der Waals surface area (Å²) in [5.74, 6) is 0. The maximum absolute atomic E-state index is 12.5. The number of nitrogens with zero attached hydrogens (tertiary/aromatic N) is 4. The molecule has 5 nitrogen and oxygen atoms in total. The molecule has 0 aliphatic heterocycles. The molecule has 0 N–H and O–H groups in total. The number of rotatable bonds is 3. The second-order valence-corrected chi connectivity index (χ2v) is 3.62. The van der Waals surface area contributed by atoms with Crippen molar-refractivity contribution < 1.29 is 17.9 Å². The van der Waals surface area contributed by atoms with E-state index in [2.05, 4.69) is 19.9 Å². The third-order valence-electron chi connectivity index (χ3n) is 2.23. The quantitative estimate of drug-likeness (QED) is 0.857. The van der Waals surface area contributed by atoms with E-state index < -0.39 is 18.0 Å². The van der Waals surface area contributed by atoms with Gasteiger partial charge in [0.2, 0.25) is 0 Å². The van der Waals surface area contributed by atoms with Crippen LogP contribution in [0.5, 0.6) is 6.01 Å². The van der Waals surface area contributed by atoms with Crippen molar-refractivity contribution in [2.45, 2.75) is 19.2 Å². The van der Waals surface area contributed by atoms with Gasteiger partial charge in [0.1, 0.15) is 12.4 Å². The van der Waals surface area contributed by atoms with Crippen molar-refractivity contribution in [1.82, 2.24) is 19.9 Å². The number of hydrogen-bond donors (Lipinski definition) is 0. The van der Waals surface area contributed by atoms with Gasteiger partial charge < -0.3 is 4.74 Å². The van der Waals surface area contributed by atoms with Gasteiger partial charge in [-0.1, -0.05) is 0 Å². The highest BCUT2D eigenvalue weighted by molar-refractivity contribution is 5.10. The number of halogens is 3. The van der Waals surface area contributed by atoms with Crippen molar-refractivity contribution in [2.75, 3.05) is 0 Å². The molecule has 2 aromatic rings. The lowest BCUT2D eigenvalue weighted by Crippen LogP contribution is -2.12. The monoisotopic (exact) mass is 270 g/mol. The summed E-state index contributed by atoms with van der Waals surface area (Å²) >= 11 is 0. The summed E-state index contributed by atoms with van der Waals surface area (Å²) < 4.78 is 42.6. The van der Waals surface area contributed by atoms with Gasteiger partial charge in [0.05, 0.1) is 5.69 Å². The van der Waals surface area contributed by atoms with Crippen LogP contribution in [0, 0.1) is 0 Å². The van der Waals surface area contributed by atoms with Gasteiger partial charge in [-0.05, 0) is 19.1 Å². The first-order valence-electron chi connectivity index (χ1n) is 5.29. The molecule has 0 aliphatic carbocycles. The first-order chi connectivity index (χ1) is 8.97. The van der Waals surface area contributed by atoms with Crippen LogP contribution in [0.15, 0.2) is 30.9 Å². The van der Waals surface area contributed by atoms with Crippen LogP contribution in [0.4, 0.5) is 13.2 Å². The molecular weight excluding hydrogens is 261 g/mol. The van der Waals surface area contributed by atoms with E-state index in [0.717, 1.165) is 12.3 Å². The fourth-order valence-electron chi connectivity index (χ4n) is 1.32. The van der Waals surface area contributed by atoms with Crippen molar-refractivity contribution in [3.63, 3.8) is 0 Å². The molecular formula is C11H9F3N4O. The van der Waals surface area contributed by atoms with E-state index in [1.54, 1.807) is 13.0 Å². The number of alkyl halides is 3. The zero-order chi connectivity index (χ0) is 13.9. The molecule has 8 heteroatoms. The SMILES string of the molecule is CC(Oc1nccc(C(F)(F)F)n1)c1ccncn1. The molecule has 2 heterocycles. The summed E-state index contributed by atoms with van der Waals surface area (Å²) in [6.45, 7) is 1.63. The summed E-state index contributed by atoms with van der Waals surface area (Å²) in [5.41, 5.74) is -0.525. The van der Waals surface area contributed by atoms with Crippen molar-refractivity contribution in [2.24, 2.45) is 0 Å². The first kappa shape index (κ1) is 13.2. The Bertz CT molecular complexity index is 547. The Kier molecular flexibility index (Phi) is 3.59. The summed E-state index contributed by atoms with van der Waals surface area (Å²) in [4.78, 5) is 14.6. The summed E-state index contributed by atoms with van der Waals surface area (Å²) in [6.07, 6.45) is -1.28. The fraction of sp³-hybridized carbons (Fsp3) is 0.273.